The average molecular weight is 295 g/mol. The van der Waals surface area contributed by atoms with Crippen molar-refractivity contribution < 1.29 is 0 Å². The molecule has 0 bridgehead atoms. The summed E-state index contributed by atoms with van der Waals surface area (Å²) in [6, 6.07) is 29.2. The second-order valence-corrected chi connectivity index (χ2v) is 5.00. The molecule has 3 heteroatoms. The summed E-state index contributed by atoms with van der Waals surface area (Å²) < 4.78 is 0. The summed E-state index contributed by atoms with van der Waals surface area (Å²) in [6.45, 7) is 0. The average Bonchev–Trinajstić information content (AvgIpc) is 2.63. The first-order valence-corrected chi connectivity index (χ1v) is 7.17. The second kappa shape index (κ2) is 6.47. The zero-order valence-electron chi connectivity index (χ0n) is 12.3. The number of rotatable bonds is 3. The molecule has 0 aliphatic rings. The van der Waals surface area contributed by atoms with Crippen LogP contribution in [0, 0.1) is 22.7 Å². The third-order valence-electron chi connectivity index (χ3n) is 3.46. The lowest BCUT2D eigenvalue weighted by Gasteiger charge is -2.25. The molecule has 108 valence electrons. The third-order valence-corrected chi connectivity index (χ3v) is 3.46. The van der Waals surface area contributed by atoms with Crippen molar-refractivity contribution in [3.8, 4) is 12.1 Å². The standard InChI is InChI=1S/C20H13N3/c21-14-16-11-17(15-22)13-20(12-16)23(18-7-3-1-4-8-18)19-9-5-2-6-10-19/h1-13H. The van der Waals surface area contributed by atoms with E-state index in [9.17, 15) is 10.5 Å². The van der Waals surface area contributed by atoms with E-state index in [0.29, 0.717) is 11.1 Å². The Morgan fingerprint density at radius 3 is 1.39 bits per heavy atom. The van der Waals surface area contributed by atoms with Gasteiger partial charge in [0.25, 0.3) is 0 Å². The van der Waals surface area contributed by atoms with Crippen LogP contribution in [0.1, 0.15) is 11.1 Å². The summed E-state index contributed by atoms with van der Waals surface area (Å²) in [5.74, 6) is 0. The smallest absolute Gasteiger partial charge is 0.0992 e. The number of nitrogens with zero attached hydrogens (tertiary/aromatic N) is 3. The van der Waals surface area contributed by atoms with E-state index in [2.05, 4.69) is 12.1 Å². The normalized spacial score (nSPS) is 9.65. The molecule has 3 aromatic rings. The molecule has 3 rings (SSSR count). The highest BCUT2D eigenvalue weighted by atomic mass is 15.1. The van der Waals surface area contributed by atoms with Crippen LogP contribution in [-0.2, 0) is 0 Å². The van der Waals surface area contributed by atoms with Crippen molar-refractivity contribution in [1.29, 1.82) is 10.5 Å². The molecule has 0 saturated heterocycles. The molecule has 0 heterocycles. The minimum atomic E-state index is 0.468. The van der Waals surface area contributed by atoms with E-state index >= 15 is 0 Å². The lowest BCUT2D eigenvalue weighted by molar-refractivity contribution is 1.27. The first-order chi connectivity index (χ1) is 11.3. The molecule has 0 saturated carbocycles. The molecule has 0 unspecified atom stereocenters. The molecule has 3 nitrogen and oxygen atoms in total. The summed E-state index contributed by atoms with van der Waals surface area (Å²) in [7, 11) is 0. The van der Waals surface area contributed by atoms with Crippen LogP contribution in [0.25, 0.3) is 0 Å². The lowest BCUT2D eigenvalue weighted by atomic mass is 10.1. The van der Waals surface area contributed by atoms with Gasteiger partial charge in [-0.05, 0) is 42.5 Å². The zero-order chi connectivity index (χ0) is 16.1. The molecule has 0 fully saturated rings. The SMILES string of the molecule is N#Cc1cc(C#N)cc(N(c2ccccc2)c2ccccc2)c1. The Bertz CT molecular complexity index is 816. The summed E-state index contributed by atoms with van der Waals surface area (Å²) in [6.07, 6.45) is 0. The van der Waals surface area contributed by atoms with Gasteiger partial charge in [-0.1, -0.05) is 36.4 Å². The summed E-state index contributed by atoms with van der Waals surface area (Å²) in [4.78, 5) is 2.03. The van der Waals surface area contributed by atoms with Gasteiger partial charge in [-0.25, -0.2) is 0 Å². The summed E-state index contributed by atoms with van der Waals surface area (Å²) in [5.41, 5.74) is 3.67. The van der Waals surface area contributed by atoms with Crippen LogP contribution >= 0.6 is 0 Å². The van der Waals surface area contributed by atoms with Crippen molar-refractivity contribution in [2.75, 3.05) is 4.90 Å². The fourth-order valence-electron chi connectivity index (χ4n) is 2.47. The first kappa shape index (κ1) is 14.4. The summed E-state index contributed by atoms with van der Waals surface area (Å²) >= 11 is 0. The number of hydrogen-bond acceptors (Lipinski definition) is 3. The molecule has 0 N–H and O–H groups in total. The van der Waals surface area contributed by atoms with E-state index in [1.165, 1.54) is 0 Å². The van der Waals surface area contributed by atoms with Crippen LogP contribution < -0.4 is 4.90 Å². The van der Waals surface area contributed by atoms with Gasteiger partial charge in [0.1, 0.15) is 0 Å². The number of anilines is 3. The van der Waals surface area contributed by atoms with Gasteiger partial charge in [0.05, 0.1) is 23.3 Å². The van der Waals surface area contributed by atoms with Crippen molar-refractivity contribution in [2.24, 2.45) is 0 Å². The van der Waals surface area contributed by atoms with Gasteiger partial charge in [0.2, 0.25) is 0 Å². The van der Waals surface area contributed by atoms with Crippen molar-refractivity contribution in [2.45, 2.75) is 0 Å². The highest BCUT2D eigenvalue weighted by Gasteiger charge is 2.13. The van der Waals surface area contributed by atoms with Crippen LogP contribution in [0.3, 0.4) is 0 Å². The van der Waals surface area contributed by atoms with E-state index in [1.54, 1.807) is 18.2 Å². The zero-order valence-corrected chi connectivity index (χ0v) is 12.3. The van der Waals surface area contributed by atoms with E-state index in [1.807, 2.05) is 65.6 Å². The minimum Gasteiger partial charge on any atom is -0.310 e. The van der Waals surface area contributed by atoms with Gasteiger partial charge in [-0.15, -0.1) is 0 Å². The van der Waals surface area contributed by atoms with Gasteiger partial charge >= 0.3 is 0 Å². The molecule has 0 aromatic heterocycles. The van der Waals surface area contributed by atoms with Crippen molar-refractivity contribution >= 4 is 17.1 Å². The van der Waals surface area contributed by atoms with Gasteiger partial charge in [-0.3, -0.25) is 0 Å². The van der Waals surface area contributed by atoms with E-state index in [-0.39, 0.29) is 0 Å². The van der Waals surface area contributed by atoms with Crippen molar-refractivity contribution in [3.63, 3.8) is 0 Å². The van der Waals surface area contributed by atoms with E-state index in [4.69, 9.17) is 0 Å². The largest absolute Gasteiger partial charge is 0.310 e. The Labute approximate surface area is 135 Å². The van der Waals surface area contributed by atoms with Crippen LogP contribution in [0.5, 0.6) is 0 Å². The maximum Gasteiger partial charge on any atom is 0.0992 e. The molecule has 0 spiro atoms. The van der Waals surface area contributed by atoms with Gasteiger partial charge in [-0.2, -0.15) is 10.5 Å². The fraction of sp³-hybridized carbons (Fsp3) is 0. The first-order valence-electron chi connectivity index (χ1n) is 7.17. The fourth-order valence-corrected chi connectivity index (χ4v) is 2.47. The Morgan fingerprint density at radius 2 is 1.00 bits per heavy atom. The molecule has 0 amide bonds. The molecular formula is C20H13N3. The topological polar surface area (TPSA) is 50.8 Å². The Hall–Kier alpha value is -3.56. The summed E-state index contributed by atoms with van der Waals surface area (Å²) in [5, 5.41) is 18.5. The predicted molar refractivity (Wildman–Crippen MR) is 90.6 cm³/mol. The predicted octanol–water partition coefficient (Wildman–Crippen LogP) is 4.90. The number of benzene rings is 3. The van der Waals surface area contributed by atoms with Crippen LogP contribution in [-0.4, -0.2) is 0 Å². The van der Waals surface area contributed by atoms with Crippen molar-refractivity contribution in [3.05, 3.63) is 90.0 Å². The maximum atomic E-state index is 9.23. The quantitative estimate of drug-likeness (QED) is 0.690. The Kier molecular flexibility index (Phi) is 4.05. The molecule has 0 aliphatic carbocycles. The van der Waals surface area contributed by atoms with Gasteiger partial charge in [0, 0.05) is 17.1 Å². The maximum absolute atomic E-state index is 9.23. The Balaban J connectivity index is 2.21. The van der Waals surface area contributed by atoms with Crippen LogP contribution in [0.4, 0.5) is 17.1 Å². The van der Waals surface area contributed by atoms with Gasteiger partial charge in [0.15, 0.2) is 0 Å². The molecule has 3 aromatic carbocycles. The minimum absolute atomic E-state index is 0.468. The number of nitriles is 2. The Morgan fingerprint density at radius 1 is 0.565 bits per heavy atom. The van der Waals surface area contributed by atoms with Crippen LogP contribution in [0.2, 0.25) is 0 Å². The lowest BCUT2D eigenvalue weighted by Crippen LogP contribution is -2.10. The van der Waals surface area contributed by atoms with E-state index < -0.39 is 0 Å². The number of para-hydroxylation sites is 2. The monoisotopic (exact) mass is 295 g/mol. The van der Waals surface area contributed by atoms with Crippen molar-refractivity contribution in [1.82, 2.24) is 0 Å². The number of hydrogen-bond donors (Lipinski definition) is 0. The van der Waals surface area contributed by atoms with Gasteiger partial charge < -0.3 is 4.90 Å². The molecular weight excluding hydrogens is 282 g/mol. The van der Waals surface area contributed by atoms with Crippen LogP contribution in [0.15, 0.2) is 78.9 Å². The highest BCUT2D eigenvalue weighted by molar-refractivity contribution is 5.77. The van der Waals surface area contributed by atoms with E-state index in [0.717, 1.165) is 17.1 Å². The molecule has 0 aliphatic heterocycles. The highest BCUT2D eigenvalue weighted by Crippen LogP contribution is 2.34. The molecule has 23 heavy (non-hydrogen) atoms. The molecule has 0 atom stereocenters. The molecule has 0 radical (unpaired) electrons. The third kappa shape index (κ3) is 3.05. The second-order valence-electron chi connectivity index (χ2n) is 5.00.